The first kappa shape index (κ1) is 14.6. The van der Waals surface area contributed by atoms with Crippen molar-refractivity contribution < 1.29 is 0 Å². The predicted octanol–water partition coefficient (Wildman–Crippen LogP) is 4.15. The lowest BCUT2D eigenvalue weighted by Gasteiger charge is -2.24. The Balaban J connectivity index is 2.14. The number of aromatic nitrogens is 2. The molecule has 2 heterocycles. The summed E-state index contributed by atoms with van der Waals surface area (Å²) in [6.45, 7) is 8.39. The van der Waals surface area contributed by atoms with E-state index in [-0.39, 0.29) is 0 Å². The number of hydrogen-bond donors (Lipinski definition) is 0. The van der Waals surface area contributed by atoms with Crippen LogP contribution in [-0.2, 0) is 0 Å². The van der Waals surface area contributed by atoms with E-state index in [0.717, 1.165) is 36.2 Å². The Morgan fingerprint density at radius 1 is 1.21 bits per heavy atom. The molecule has 0 bridgehead atoms. The van der Waals surface area contributed by atoms with E-state index in [2.05, 4.69) is 21.8 Å². The molecule has 2 rings (SSSR count). The number of halogens is 1. The first-order chi connectivity index (χ1) is 9.11. The van der Waals surface area contributed by atoms with Crippen LogP contribution >= 0.6 is 11.6 Å². The zero-order valence-electron chi connectivity index (χ0n) is 12.2. The third kappa shape index (κ3) is 3.59. The fourth-order valence-corrected chi connectivity index (χ4v) is 3.17. The Morgan fingerprint density at radius 2 is 2.00 bits per heavy atom. The maximum Gasteiger partial charge on any atom is 0.137 e. The van der Waals surface area contributed by atoms with Crippen molar-refractivity contribution in [3.8, 4) is 0 Å². The molecule has 1 unspecified atom stereocenters. The molecule has 0 N–H and O–H groups in total. The average molecular weight is 282 g/mol. The van der Waals surface area contributed by atoms with E-state index in [1.165, 1.54) is 32.1 Å². The van der Waals surface area contributed by atoms with Crippen LogP contribution in [0.4, 0.5) is 5.82 Å². The van der Waals surface area contributed by atoms with Gasteiger partial charge in [0.1, 0.15) is 16.8 Å². The molecular weight excluding hydrogens is 258 g/mol. The molecule has 0 radical (unpaired) electrons. The minimum absolute atomic E-state index is 0.594. The molecule has 0 aliphatic carbocycles. The minimum Gasteiger partial charge on any atom is -0.356 e. The second-order valence-electron chi connectivity index (χ2n) is 5.58. The minimum atomic E-state index is 0.594. The summed E-state index contributed by atoms with van der Waals surface area (Å²) in [5.74, 6) is 2.68. The summed E-state index contributed by atoms with van der Waals surface area (Å²) in [4.78, 5) is 11.2. The van der Waals surface area contributed by atoms with Crippen molar-refractivity contribution >= 4 is 17.4 Å². The van der Waals surface area contributed by atoms with Gasteiger partial charge in [-0.25, -0.2) is 9.97 Å². The van der Waals surface area contributed by atoms with Crippen molar-refractivity contribution in [1.82, 2.24) is 9.97 Å². The van der Waals surface area contributed by atoms with E-state index in [1.807, 2.05) is 13.8 Å². The van der Waals surface area contributed by atoms with Crippen LogP contribution in [0.25, 0.3) is 0 Å². The second kappa shape index (κ2) is 6.56. The van der Waals surface area contributed by atoms with E-state index in [9.17, 15) is 0 Å². The molecule has 1 aromatic rings. The lowest BCUT2D eigenvalue weighted by atomic mass is 9.96. The molecule has 1 aliphatic heterocycles. The van der Waals surface area contributed by atoms with Crippen LogP contribution in [0.3, 0.4) is 0 Å². The molecule has 1 fully saturated rings. The quantitative estimate of drug-likeness (QED) is 0.779. The second-order valence-corrected chi connectivity index (χ2v) is 5.94. The SMILES string of the molecule is CCCC1CCCN(c2nc(C)nc(Cl)c2C)CC1. The number of hydrogen-bond acceptors (Lipinski definition) is 3. The first-order valence-corrected chi connectivity index (χ1v) is 7.75. The summed E-state index contributed by atoms with van der Waals surface area (Å²) in [6, 6.07) is 0. The molecule has 0 aromatic carbocycles. The van der Waals surface area contributed by atoms with Gasteiger partial charge in [0.15, 0.2) is 0 Å². The molecule has 19 heavy (non-hydrogen) atoms. The molecule has 0 saturated carbocycles. The Bertz CT molecular complexity index is 434. The van der Waals surface area contributed by atoms with Crippen molar-refractivity contribution in [3.05, 3.63) is 16.5 Å². The normalized spacial score (nSPS) is 20.4. The Kier molecular flexibility index (Phi) is 5.03. The molecule has 1 aliphatic rings. The predicted molar refractivity (Wildman–Crippen MR) is 81.0 cm³/mol. The summed E-state index contributed by atoms with van der Waals surface area (Å²) in [6.07, 6.45) is 6.53. The third-order valence-electron chi connectivity index (χ3n) is 4.02. The lowest BCUT2D eigenvalue weighted by Crippen LogP contribution is -2.26. The summed E-state index contributed by atoms with van der Waals surface area (Å²) in [7, 11) is 0. The fraction of sp³-hybridized carbons (Fsp3) is 0.733. The van der Waals surface area contributed by atoms with Crippen LogP contribution in [0.1, 0.15) is 50.4 Å². The number of anilines is 1. The highest BCUT2D eigenvalue weighted by Gasteiger charge is 2.20. The van der Waals surface area contributed by atoms with Crippen molar-refractivity contribution in [2.45, 2.75) is 52.9 Å². The standard InChI is InChI=1S/C15H24ClN3/c1-4-6-13-7-5-9-19(10-8-13)15-11(2)14(16)17-12(3)18-15/h13H,4-10H2,1-3H3. The monoisotopic (exact) mass is 281 g/mol. The van der Waals surface area contributed by atoms with Crippen LogP contribution in [0.2, 0.25) is 5.15 Å². The van der Waals surface area contributed by atoms with Crippen LogP contribution in [0.5, 0.6) is 0 Å². The van der Waals surface area contributed by atoms with Gasteiger partial charge in [-0.3, -0.25) is 0 Å². The molecule has 106 valence electrons. The average Bonchev–Trinajstić information content (AvgIpc) is 2.60. The number of rotatable bonds is 3. The zero-order valence-corrected chi connectivity index (χ0v) is 13.0. The number of nitrogens with zero attached hydrogens (tertiary/aromatic N) is 3. The molecule has 1 saturated heterocycles. The molecule has 4 heteroatoms. The highest BCUT2D eigenvalue weighted by molar-refractivity contribution is 6.30. The van der Waals surface area contributed by atoms with Crippen LogP contribution in [0.15, 0.2) is 0 Å². The van der Waals surface area contributed by atoms with Crippen molar-refractivity contribution in [1.29, 1.82) is 0 Å². The Morgan fingerprint density at radius 3 is 2.74 bits per heavy atom. The van der Waals surface area contributed by atoms with Gasteiger partial charge in [0.05, 0.1) is 0 Å². The maximum absolute atomic E-state index is 6.18. The van der Waals surface area contributed by atoms with Gasteiger partial charge in [-0.2, -0.15) is 0 Å². The lowest BCUT2D eigenvalue weighted by molar-refractivity contribution is 0.435. The van der Waals surface area contributed by atoms with Crippen LogP contribution in [0, 0.1) is 19.8 Å². The van der Waals surface area contributed by atoms with Crippen LogP contribution in [-0.4, -0.2) is 23.1 Å². The largest absolute Gasteiger partial charge is 0.356 e. The van der Waals surface area contributed by atoms with Gasteiger partial charge >= 0.3 is 0 Å². The van der Waals surface area contributed by atoms with Gasteiger partial charge < -0.3 is 4.90 Å². The molecule has 1 atom stereocenters. The van der Waals surface area contributed by atoms with Gasteiger partial charge in [-0.05, 0) is 39.0 Å². The smallest absolute Gasteiger partial charge is 0.137 e. The topological polar surface area (TPSA) is 29.0 Å². The highest BCUT2D eigenvalue weighted by Crippen LogP contribution is 2.28. The molecule has 3 nitrogen and oxygen atoms in total. The zero-order chi connectivity index (χ0) is 13.8. The van der Waals surface area contributed by atoms with Crippen LogP contribution < -0.4 is 4.90 Å². The molecule has 0 amide bonds. The van der Waals surface area contributed by atoms with E-state index >= 15 is 0 Å². The van der Waals surface area contributed by atoms with Crippen molar-refractivity contribution in [2.24, 2.45) is 5.92 Å². The summed E-state index contributed by atoms with van der Waals surface area (Å²) in [5.41, 5.74) is 1.02. The first-order valence-electron chi connectivity index (χ1n) is 7.37. The van der Waals surface area contributed by atoms with E-state index < -0.39 is 0 Å². The van der Waals surface area contributed by atoms with E-state index in [0.29, 0.717) is 5.15 Å². The van der Waals surface area contributed by atoms with E-state index in [4.69, 9.17) is 11.6 Å². The highest BCUT2D eigenvalue weighted by atomic mass is 35.5. The fourth-order valence-electron chi connectivity index (χ4n) is 2.96. The summed E-state index contributed by atoms with van der Waals surface area (Å²) < 4.78 is 0. The van der Waals surface area contributed by atoms with E-state index in [1.54, 1.807) is 0 Å². The Hall–Kier alpha value is -0.830. The molecule has 0 spiro atoms. The van der Waals surface area contributed by atoms with Crippen molar-refractivity contribution in [2.75, 3.05) is 18.0 Å². The van der Waals surface area contributed by atoms with Gasteiger partial charge in [-0.1, -0.05) is 31.4 Å². The van der Waals surface area contributed by atoms with Crippen molar-refractivity contribution in [3.63, 3.8) is 0 Å². The summed E-state index contributed by atoms with van der Waals surface area (Å²) >= 11 is 6.18. The van der Waals surface area contributed by atoms with Gasteiger partial charge in [0.25, 0.3) is 0 Å². The Labute approximate surface area is 121 Å². The number of aryl methyl sites for hydroxylation is 1. The van der Waals surface area contributed by atoms with Gasteiger partial charge in [-0.15, -0.1) is 0 Å². The third-order valence-corrected chi connectivity index (χ3v) is 4.38. The summed E-state index contributed by atoms with van der Waals surface area (Å²) in [5, 5.41) is 0.594. The molecular formula is C15H24ClN3. The molecule has 1 aromatic heterocycles. The van der Waals surface area contributed by atoms with Gasteiger partial charge in [0, 0.05) is 18.7 Å². The van der Waals surface area contributed by atoms with Gasteiger partial charge in [0.2, 0.25) is 0 Å². The maximum atomic E-state index is 6.18.